The average molecular weight is 164 g/mol. The summed E-state index contributed by atoms with van der Waals surface area (Å²) < 4.78 is 9.15. The first-order chi connectivity index (χ1) is 5.08. The van der Waals surface area contributed by atoms with E-state index < -0.39 is 6.29 Å². The fourth-order valence-electron chi connectivity index (χ4n) is 0.245. The van der Waals surface area contributed by atoms with E-state index in [-0.39, 0.29) is 12.4 Å². The molecular formula is C7H16O4. The quantitative estimate of drug-likeness (QED) is 0.475. The fraction of sp³-hybridized carbons (Fsp3) is 0.714. The molecule has 0 aliphatic heterocycles. The van der Waals surface area contributed by atoms with Gasteiger partial charge in [-0.15, -0.1) is 0 Å². The minimum Gasteiger partial charge on any atom is -0.513 e. The van der Waals surface area contributed by atoms with Gasteiger partial charge in [0.2, 0.25) is 0 Å². The molecule has 0 spiro atoms. The smallest absolute Gasteiger partial charge is 0.179 e. The Balaban J connectivity index is 0. The Bertz CT molecular complexity index is 78.9. The number of hydrogen-bond donors (Lipinski definition) is 2. The van der Waals surface area contributed by atoms with Crippen LogP contribution in [-0.2, 0) is 9.47 Å². The summed E-state index contributed by atoms with van der Waals surface area (Å²) in [6.45, 7) is 4.55. The van der Waals surface area contributed by atoms with Crippen LogP contribution in [0.3, 0.4) is 0 Å². The van der Waals surface area contributed by atoms with Gasteiger partial charge in [0.05, 0.1) is 12.4 Å². The van der Waals surface area contributed by atoms with Crippen LogP contribution < -0.4 is 0 Å². The summed E-state index contributed by atoms with van der Waals surface area (Å²) in [7, 11) is 2.95. The predicted octanol–water partition coefficient (Wildman–Crippen LogP) is 0.676. The van der Waals surface area contributed by atoms with E-state index in [0.717, 1.165) is 0 Å². The van der Waals surface area contributed by atoms with Gasteiger partial charge in [0.15, 0.2) is 6.29 Å². The molecule has 0 amide bonds. The van der Waals surface area contributed by atoms with Gasteiger partial charge < -0.3 is 19.7 Å². The van der Waals surface area contributed by atoms with Gasteiger partial charge >= 0.3 is 0 Å². The van der Waals surface area contributed by atoms with E-state index in [2.05, 4.69) is 16.1 Å². The van der Waals surface area contributed by atoms with E-state index in [1.807, 2.05) is 0 Å². The van der Waals surface area contributed by atoms with Gasteiger partial charge in [0.25, 0.3) is 0 Å². The number of ether oxygens (including phenoxy) is 2. The second kappa shape index (κ2) is 9.42. The molecule has 0 aromatic rings. The number of aliphatic hydroxyl groups is 2. The molecule has 4 nitrogen and oxygen atoms in total. The number of rotatable bonds is 3. The van der Waals surface area contributed by atoms with Crippen LogP contribution in [0.25, 0.3) is 0 Å². The van der Waals surface area contributed by atoms with Crippen LogP contribution in [0.1, 0.15) is 6.92 Å². The molecule has 0 unspecified atom stereocenters. The summed E-state index contributed by atoms with van der Waals surface area (Å²) in [5, 5.41) is 16.1. The highest BCUT2D eigenvalue weighted by atomic mass is 16.7. The van der Waals surface area contributed by atoms with Crippen molar-refractivity contribution in [2.45, 2.75) is 13.2 Å². The molecule has 11 heavy (non-hydrogen) atoms. The monoisotopic (exact) mass is 164 g/mol. The Morgan fingerprint density at radius 3 is 1.73 bits per heavy atom. The Labute approximate surface area is 67.1 Å². The summed E-state index contributed by atoms with van der Waals surface area (Å²) in [4.78, 5) is 0. The van der Waals surface area contributed by atoms with Gasteiger partial charge in [-0.3, -0.25) is 0 Å². The maximum absolute atomic E-state index is 8.28. The highest BCUT2D eigenvalue weighted by Gasteiger charge is 1.98. The molecule has 0 aliphatic carbocycles. The van der Waals surface area contributed by atoms with Crippen LogP contribution in [0, 0.1) is 0 Å². The molecule has 4 heteroatoms. The molecule has 0 saturated carbocycles. The maximum atomic E-state index is 8.28. The highest BCUT2D eigenvalue weighted by molar-refractivity contribution is 4.67. The predicted molar refractivity (Wildman–Crippen MR) is 42.3 cm³/mol. The minimum absolute atomic E-state index is 0.0903. The third kappa shape index (κ3) is 17.7. The van der Waals surface area contributed by atoms with E-state index >= 15 is 0 Å². The lowest BCUT2D eigenvalue weighted by molar-refractivity contribution is -0.127. The Morgan fingerprint density at radius 2 is 1.73 bits per heavy atom. The molecule has 0 fully saturated rings. The molecule has 0 radical (unpaired) electrons. The Hall–Kier alpha value is -0.580. The summed E-state index contributed by atoms with van der Waals surface area (Å²) in [5.74, 6) is 0.167. The molecule has 0 bridgehead atoms. The minimum atomic E-state index is -0.458. The van der Waals surface area contributed by atoms with Crippen molar-refractivity contribution in [3.05, 3.63) is 12.3 Å². The van der Waals surface area contributed by atoms with Crippen molar-refractivity contribution < 1.29 is 19.7 Å². The van der Waals surface area contributed by atoms with Crippen LogP contribution in [0.4, 0.5) is 0 Å². The molecule has 0 aliphatic rings. The van der Waals surface area contributed by atoms with Crippen molar-refractivity contribution in [3.63, 3.8) is 0 Å². The second-order valence-corrected chi connectivity index (χ2v) is 1.82. The third-order valence-electron chi connectivity index (χ3n) is 0.675. The van der Waals surface area contributed by atoms with Crippen molar-refractivity contribution in [3.8, 4) is 0 Å². The van der Waals surface area contributed by atoms with Crippen LogP contribution in [0.15, 0.2) is 12.3 Å². The topological polar surface area (TPSA) is 58.9 Å². The second-order valence-electron chi connectivity index (χ2n) is 1.82. The molecule has 2 N–H and O–H groups in total. The maximum Gasteiger partial charge on any atom is 0.179 e. The van der Waals surface area contributed by atoms with Crippen molar-refractivity contribution in [1.82, 2.24) is 0 Å². The van der Waals surface area contributed by atoms with Gasteiger partial charge in [0.1, 0.15) is 0 Å². The lowest BCUT2D eigenvalue weighted by atomic mass is 10.7. The zero-order valence-corrected chi connectivity index (χ0v) is 7.20. The summed E-state index contributed by atoms with van der Waals surface area (Å²) in [6, 6.07) is 0. The van der Waals surface area contributed by atoms with Gasteiger partial charge in [0, 0.05) is 14.2 Å². The van der Waals surface area contributed by atoms with Crippen LogP contribution in [0.5, 0.6) is 0 Å². The third-order valence-corrected chi connectivity index (χ3v) is 0.675. The van der Waals surface area contributed by atoms with Crippen molar-refractivity contribution in [2.75, 3.05) is 20.8 Å². The Morgan fingerprint density at radius 1 is 1.45 bits per heavy atom. The molecule has 0 aromatic carbocycles. The molecule has 0 heterocycles. The average Bonchev–Trinajstić information content (AvgIpc) is 1.90. The summed E-state index contributed by atoms with van der Waals surface area (Å²) in [5.41, 5.74) is 0. The first kappa shape index (κ1) is 13.0. The number of allylic oxidation sites excluding steroid dienone is 1. The highest BCUT2D eigenvalue weighted by Crippen LogP contribution is 1.84. The van der Waals surface area contributed by atoms with Crippen molar-refractivity contribution >= 4 is 0 Å². The lowest BCUT2D eigenvalue weighted by Crippen LogP contribution is -2.16. The zero-order valence-electron chi connectivity index (χ0n) is 7.20. The van der Waals surface area contributed by atoms with Crippen molar-refractivity contribution in [1.29, 1.82) is 0 Å². The van der Waals surface area contributed by atoms with Gasteiger partial charge in [-0.1, -0.05) is 6.58 Å². The molecule has 0 atom stereocenters. The summed E-state index contributed by atoms with van der Waals surface area (Å²) in [6.07, 6.45) is -0.458. The normalized spacial score (nSPS) is 8.82. The standard InChI is InChI=1S/C4H10O3.C3H6O/c1-6-4(3-5)7-2;1-3(2)4/h4-5H,3H2,1-2H3;4H,1H2,2H3. The number of hydrogen-bond acceptors (Lipinski definition) is 4. The van der Waals surface area contributed by atoms with Gasteiger partial charge in [-0.25, -0.2) is 0 Å². The molecule has 0 aromatic heterocycles. The largest absolute Gasteiger partial charge is 0.513 e. The number of methoxy groups -OCH3 is 2. The van der Waals surface area contributed by atoms with E-state index in [0.29, 0.717) is 0 Å². The first-order valence-electron chi connectivity index (χ1n) is 3.09. The molecule has 68 valence electrons. The van der Waals surface area contributed by atoms with E-state index in [9.17, 15) is 0 Å². The van der Waals surface area contributed by atoms with E-state index in [1.165, 1.54) is 21.1 Å². The van der Waals surface area contributed by atoms with Crippen LogP contribution >= 0.6 is 0 Å². The summed E-state index contributed by atoms with van der Waals surface area (Å²) >= 11 is 0. The molecule has 0 rings (SSSR count). The van der Waals surface area contributed by atoms with Crippen LogP contribution in [-0.4, -0.2) is 37.3 Å². The Kier molecular flexibility index (Phi) is 11.2. The SMILES string of the molecule is C=C(C)O.COC(CO)OC. The fourth-order valence-corrected chi connectivity index (χ4v) is 0.245. The zero-order chi connectivity index (χ0) is 9.28. The number of aliphatic hydroxyl groups excluding tert-OH is 2. The first-order valence-corrected chi connectivity index (χ1v) is 3.09. The van der Waals surface area contributed by atoms with E-state index in [1.54, 1.807) is 0 Å². The molecule has 0 saturated heterocycles. The lowest BCUT2D eigenvalue weighted by Gasteiger charge is -2.07. The van der Waals surface area contributed by atoms with Gasteiger partial charge in [-0.05, 0) is 6.92 Å². The van der Waals surface area contributed by atoms with E-state index in [4.69, 9.17) is 10.2 Å². The molecular weight excluding hydrogens is 148 g/mol. The van der Waals surface area contributed by atoms with Crippen molar-refractivity contribution in [2.24, 2.45) is 0 Å². The van der Waals surface area contributed by atoms with Crippen LogP contribution in [0.2, 0.25) is 0 Å². The van der Waals surface area contributed by atoms with Gasteiger partial charge in [-0.2, -0.15) is 0 Å².